The van der Waals surface area contributed by atoms with Gasteiger partial charge in [-0.2, -0.15) is 0 Å². The van der Waals surface area contributed by atoms with E-state index in [1.54, 1.807) is 11.8 Å². The number of para-hydroxylation sites is 1. The number of rotatable bonds is 5. The van der Waals surface area contributed by atoms with Crippen molar-refractivity contribution >= 4 is 35.0 Å². The zero-order valence-corrected chi connectivity index (χ0v) is 15.5. The number of fused-ring (bicyclic) bond motifs is 1. The molecule has 126 valence electrons. The smallest absolute Gasteiger partial charge is 0.245 e. The molecule has 0 saturated heterocycles. The van der Waals surface area contributed by atoms with Gasteiger partial charge in [-0.3, -0.25) is 4.79 Å². The van der Waals surface area contributed by atoms with Gasteiger partial charge in [-0.1, -0.05) is 41.9 Å². The molecule has 0 N–H and O–H groups in total. The van der Waals surface area contributed by atoms with Crippen LogP contribution in [0.4, 0.5) is 5.69 Å². The molecule has 0 spiro atoms. The zero-order valence-electron chi connectivity index (χ0n) is 13.9. The summed E-state index contributed by atoms with van der Waals surface area (Å²) in [5.41, 5.74) is 1.90. The van der Waals surface area contributed by atoms with Gasteiger partial charge in [-0.05, 0) is 50.8 Å². The Labute approximate surface area is 152 Å². The van der Waals surface area contributed by atoms with Gasteiger partial charge >= 0.3 is 0 Å². The number of anilines is 1. The maximum atomic E-state index is 13.1. The van der Waals surface area contributed by atoms with Crippen LogP contribution >= 0.6 is 23.4 Å². The molecule has 24 heavy (non-hydrogen) atoms. The third kappa shape index (κ3) is 3.61. The fraction of sp³-hybridized carbons (Fsp3) is 0.316. The number of hydrogen-bond acceptors (Lipinski definition) is 3. The Kier molecular flexibility index (Phi) is 5.49. The fourth-order valence-corrected chi connectivity index (χ4v) is 4.46. The van der Waals surface area contributed by atoms with E-state index < -0.39 is 0 Å². The van der Waals surface area contributed by atoms with Crippen LogP contribution in [0.5, 0.6) is 0 Å². The number of carbonyl (C=O) groups excluding carboxylic acids is 1. The number of halogens is 1. The molecule has 3 rings (SSSR count). The van der Waals surface area contributed by atoms with Gasteiger partial charge in [0.25, 0.3) is 0 Å². The fourth-order valence-electron chi connectivity index (χ4n) is 2.88. The van der Waals surface area contributed by atoms with Gasteiger partial charge in [-0.25, -0.2) is 0 Å². The van der Waals surface area contributed by atoms with E-state index in [0.29, 0.717) is 5.02 Å². The topological polar surface area (TPSA) is 23.6 Å². The minimum atomic E-state index is -0.284. The summed E-state index contributed by atoms with van der Waals surface area (Å²) in [7, 11) is 4.10. The maximum absolute atomic E-state index is 13.1. The first kappa shape index (κ1) is 17.3. The number of nitrogens with zero attached hydrogens (tertiary/aromatic N) is 2. The van der Waals surface area contributed by atoms with Crippen molar-refractivity contribution in [3.8, 4) is 0 Å². The molecule has 1 aliphatic rings. The van der Waals surface area contributed by atoms with Crippen LogP contribution in [0.2, 0.25) is 5.02 Å². The van der Waals surface area contributed by atoms with E-state index >= 15 is 0 Å². The third-order valence-corrected chi connectivity index (χ3v) is 5.70. The Morgan fingerprint density at radius 2 is 1.83 bits per heavy atom. The largest absolute Gasteiger partial charge is 0.310 e. The zero-order chi connectivity index (χ0) is 17.1. The summed E-state index contributed by atoms with van der Waals surface area (Å²) in [6.45, 7) is 1.67. The maximum Gasteiger partial charge on any atom is 0.245 e. The molecule has 0 aromatic heterocycles. The van der Waals surface area contributed by atoms with Gasteiger partial charge in [0.05, 0.1) is 5.69 Å². The molecule has 0 bridgehead atoms. The summed E-state index contributed by atoms with van der Waals surface area (Å²) in [6.07, 6.45) is 0.937. The molecular formula is C19H21ClN2OS. The van der Waals surface area contributed by atoms with Gasteiger partial charge < -0.3 is 9.80 Å². The Balaban J connectivity index is 1.92. The molecule has 1 aliphatic heterocycles. The highest BCUT2D eigenvalue weighted by molar-refractivity contribution is 8.00. The summed E-state index contributed by atoms with van der Waals surface area (Å²) in [5, 5.41) is 0.365. The molecular weight excluding hydrogens is 340 g/mol. The van der Waals surface area contributed by atoms with E-state index in [2.05, 4.69) is 11.0 Å². The van der Waals surface area contributed by atoms with E-state index in [4.69, 9.17) is 11.6 Å². The number of benzene rings is 2. The van der Waals surface area contributed by atoms with Gasteiger partial charge in [0, 0.05) is 16.5 Å². The van der Waals surface area contributed by atoms with Crippen LogP contribution in [-0.4, -0.2) is 38.0 Å². The van der Waals surface area contributed by atoms with Gasteiger partial charge in [0.1, 0.15) is 5.25 Å². The Bertz CT molecular complexity index is 735. The summed E-state index contributed by atoms with van der Waals surface area (Å²) in [6, 6.07) is 15.7. The van der Waals surface area contributed by atoms with Crippen LogP contribution in [-0.2, 0) is 4.79 Å². The number of carbonyl (C=O) groups is 1. The Morgan fingerprint density at radius 3 is 2.58 bits per heavy atom. The van der Waals surface area contributed by atoms with Gasteiger partial charge in [0.2, 0.25) is 5.91 Å². The molecule has 0 fully saturated rings. The molecule has 0 saturated carbocycles. The Hall–Kier alpha value is -1.49. The van der Waals surface area contributed by atoms with E-state index in [0.717, 1.165) is 35.7 Å². The lowest BCUT2D eigenvalue weighted by Gasteiger charge is -2.34. The minimum Gasteiger partial charge on any atom is -0.310 e. The molecule has 3 nitrogen and oxygen atoms in total. The van der Waals surface area contributed by atoms with Gasteiger partial charge in [-0.15, -0.1) is 11.8 Å². The summed E-state index contributed by atoms with van der Waals surface area (Å²) < 4.78 is 0. The van der Waals surface area contributed by atoms with Crippen molar-refractivity contribution in [2.45, 2.75) is 16.6 Å². The molecule has 0 aliphatic carbocycles. The van der Waals surface area contributed by atoms with E-state index in [-0.39, 0.29) is 11.2 Å². The van der Waals surface area contributed by atoms with Crippen molar-refractivity contribution in [1.82, 2.24) is 4.90 Å². The molecule has 5 heteroatoms. The van der Waals surface area contributed by atoms with E-state index in [9.17, 15) is 4.79 Å². The van der Waals surface area contributed by atoms with Crippen molar-refractivity contribution in [1.29, 1.82) is 0 Å². The lowest BCUT2D eigenvalue weighted by atomic mass is 10.1. The van der Waals surface area contributed by atoms with Crippen LogP contribution in [0.25, 0.3) is 0 Å². The minimum absolute atomic E-state index is 0.116. The monoisotopic (exact) mass is 360 g/mol. The predicted molar refractivity (Wildman–Crippen MR) is 102 cm³/mol. The summed E-state index contributed by atoms with van der Waals surface area (Å²) in [5.74, 6) is 0.116. The van der Waals surface area contributed by atoms with Gasteiger partial charge in [0.15, 0.2) is 0 Å². The average molecular weight is 361 g/mol. The number of hydrogen-bond donors (Lipinski definition) is 0. The first-order valence-corrected chi connectivity index (χ1v) is 9.30. The molecule has 1 unspecified atom stereocenters. The summed E-state index contributed by atoms with van der Waals surface area (Å²) in [4.78, 5) is 18.3. The van der Waals surface area contributed by atoms with Crippen LogP contribution in [0, 0.1) is 0 Å². The molecule has 1 amide bonds. The molecule has 1 atom stereocenters. The molecule has 2 aromatic carbocycles. The quantitative estimate of drug-likeness (QED) is 0.785. The second kappa shape index (κ2) is 7.60. The first-order chi connectivity index (χ1) is 11.6. The molecule has 1 heterocycles. The third-order valence-electron chi connectivity index (χ3n) is 4.07. The highest BCUT2D eigenvalue weighted by Gasteiger charge is 2.35. The second-order valence-corrected chi connectivity index (χ2v) is 7.69. The van der Waals surface area contributed by atoms with Crippen molar-refractivity contribution in [3.63, 3.8) is 0 Å². The highest BCUT2D eigenvalue weighted by atomic mass is 35.5. The predicted octanol–water partition coefficient (Wildman–Crippen LogP) is 4.47. The van der Waals surface area contributed by atoms with Crippen molar-refractivity contribution in [2.75, 3.05) is 32.1 Å². The number of amides is 1. The van der Waals surface area contributed by atoms with E-state index in [1.807, 2.05) is 61.5 Å². The summed E-state index contributed by atoms with van der Waals surface area (Å²) >= 11 is 7.94. The molecule has 2 aromatic rings. The lowest BCUT2D eigenvalue weighted by molar-refractivity contribution is -0.118. The average Bonchev–Trinajstić information content (AvgIpc) is 2.57. The standard InChI is InChI=1S/C19H21ClN2OS/c1-21(2)12-7-13-22-16-10-5-6-11-17(16)24-18(19(22)23)14-8-3-4-9-15(14)20/h3-6,8-11,18H,7,12-13H2,1-2H3. The van der Waals surface area contributed by atoms with Crippen LogP contribution in [0.15, 0.2) is 53.4 Å². The van der Waals surface area contributed by atoms with Crippen molar-refractivity contribution in [3.05, 3.63) is 59.1 Å². The molecule has 0 radical (unpaired) electrons. The van der Waals surface area contributed by atoms with E-state index in [1.165, 1.54) is 0 Å². The normalized spacial score (nSPS) is 17.2. The van der Waals surface area contributed by atoms with Crippen molar-refractivity contribution in [2.24, 2.45) is 0 Å². The highest BCUT2D eigenvalue weighted by Crippen LogP contribution is 2.47. The van der Waals surface area contributed by atoms with Crippen LogP contribution in [0.1, 0.15) is 17.2 Å². The van der Waals surface area contributed by atoms with Crippen molar-refractivity contribution < 1.29 is 4.79 Å². The van der Waals surface area contributed by atoms with Crippen LogP contribution in [0.3, 0.4) is 0 Å². The number of thioether (sulfide) groups is 1. The van der Waals surface area contributed by atoms with Crippen LogP contribution < -0.4 is 4.90 Å². The lowest BCUT2D eigenvalue weighted by Crippen LogP contribution is -2.38. The SMILES string of the molecule is CN(C)CCCN1C(=O)C(c2ccccc2Cl)Sc2ccccc21. The Morgan fingerprint density at radius 1 is 1.12 bits per heavy atom. The second-order valence-electron chi connectivity index (χ2n) is 6.13. The first-order valence-electron chi connectivity index (χ1n) is 8.04.